The van der Waals surface area contributed by atoms with Crippen molar-refractivity contribution in [3.8, 4) is 23.3 Å². The van der Waals surface area contributed by atoms with Crippen LogP contribution in [-0.4, -0.2) is 26.0 Å². The van der Waals surface area contributed by atoms with E-state index >= 15 is 0 Å². The van der Waals surface area contributed by atoms with Crippen LogP contribution in [0, 0.1) is 0 Å². The van der Waals surface area contributed by atoms with Crippen molar-refractivity contribution in [1.82, 2.24) is 19.9 Å². The zero-order chi connectivity index (χ0) is 27.5. The first-order chi connectivity index (χ1) is 18.9. The van der Waals surface area contributed by atoms with Crippen molar-refractivity contribution in [2.45, 2.75) is 0 Å². The average molecular weight is 562 g/mol. The molecule has 0 unspecified atom stereocenters. The summed E-state index contributed by atoms with van der Waals surface area (Å²) in [4.78, 5) is 27.3. The summed E-state index contributed by atoms with van der Waals surface area (Å²) in [5.74, 6) is 1.97. The van der Waals surface area contributed by atoms with Crippen molar-refractivity contribution in [1.29, 1.82) is 0 Å². The van der Waals surface area contributed by atoms with Crippen molar-refractivity contribution in [3.63, 3.8) is 0 Å². The van der Waals surface area contributed by atoms with Crippen molar-refractivity contribution >= 4 is 46.3 Å². The Hall–Kier alpha value is -4.93. The third-order valence-electron chi connectivity index (χ3n) is 4.69. The van der Waals surface area contributed by atoms with Crippen LogP contribution in [0.2, 0.25) is 10.3 Å². The Balaban J connectivity index is 0.000000202. The van der Waals surface area contributed by atoms with Crippen LogP contribution in [-0.2, 0) is 0 Å². The molecule has 0 aliphatic carbocycles. The third-order valence-corrected chi connectivity index (χ3v) is 5.10. The fourth-order valence-corrected chi connectivity index (χ4v) is 3.22. The van der Waals surface area contributed by atoms with Crippen LogP contribution in [0.25, 0.3) is 0 Å². The molecular formula is C27H21Cl2N7O3. The van der Waals surface area contributed by atoms with E-state index in [0.717, 1.165) is 5.69 Å². The molecule has 0 atom stereocenters. The third kappa shape index (κ3) is 9.15. The SMILES string of the molecule is Nc1ccc(Oc2cc(Cl)ncn2)cc1.O=C(Nc1ccccc1)Nc1ccc(Oc2cc(Cl)ncn2)cc1. The van der Waals surface area contributed by atoms with E-state index in [1.54, 1.807) is 48.5 Å². The van der Waals surface area contributed by atoms with Gasteiger partial charge in [-0.05, 0) is 60.7 Å². The molecule has 196 valence electrons. The van der Waals surface area contributed by atoms with Gasteiger partial charge in [0.1, 0.15) is 34.5 Å². The Morgan fingerprint density at radius 3 is 1.59 bits per heavy atom. The van der Waals surface area contributed by atoms with Crippen LogP contribution in [0.5, 0.6) is 23.3 Å². The van der Waals surface area contributed by atoms with E-state index in [1.807, 2.05) is 30.3 Å². The molecule has 2 amide bonds. The van der Waals surface area contributed by atoms with Crippen LogP contribution >= 0.6 is 23.2 Å². The van der Waals surface area contributed by atoms with Crippen molar-refractivity contribution in [2.75, 3.05) is 16.4 Å². The maximum atomic E-state index is 11.9. The van der Waals surface area contributed by atoms with E-state index in [9.17, 15) is 4.79 Å². The number of rotatable bonds is 6. The first-order valence-corrected chi connectivity index (χ1v) is 12.1. The van der Waals surface area contributed by atoms with Crippen LogP contribution in [0.4, 0.5) is 21.9 Å². The second-order valence-corrected chi connectivity index (χ2v) is 8.38. The number of anilines is 3. The van der Waals surface area contributed by atoms with Gasteiger partial charge in [-0.25, -0.2) is 24.7 Å². The lowest BCUT2D eigenvalue weighted by molar-refractivity contribution is 0.262. The summed E-state index contributed by atoms with van der Waals surface area (Å²) in [6.45, 7) is 0. The second kappa shape index (κ2) is 13.6. The fraction of sp³-hybridized carbons (Fsp3) is 0. The van der Waals surface area contributed by atoms with Crippen LogP contribution in [0.3, 0.4) is 0 Å². The number of para-hydroxylation sites is 1. The van der Waals surface area contributed by atoms with E-state index < -0.39 is 0 Å². The predicted octanol–water partition coefficient (Wildman–Crippen LogP) is 7.07. The standard InChI is InChI=1S/C17H13ClN4O2.C10H8ClN3O/c18-15-10-16(20-11-19-15)24-14-8-6-13(7-9-14)22-17(23)21-12-4-2-1-3-5-12;11-9-5-10(14-6-13-9)15-8-3-1-7(12)2-4-8/h1-11H,(H2,21,22,23);1-6H,12H2. The van der Waals surface area contributed by atoms with Crippen LogP contribution in [0.1, 0.15) is 0 Å². The van der Waals surface area contributed by atoms with Crippen molar-refractivity contribution < 1.29 is 14.3 Å². The van der Waals surface area contributed by atoms with Gasteiger partial charge in [-0.3, -0.25) is 0 Å². The molecule has 3 aromatic carbocycles. The first kappa shape index (κ1) is 27.1. The number of benzene rings is 3. The number of hydrogen-bond donors (Lipinski definition) is 3. The minimum absolute atomic E-state index is 0.302. The van der Waals surface area contributed by atoms with Gasteiger partial charge in [-0.2, -0.15) is 0 Å². The van der Waals surface area contributed by atoms with Gasteiger partial charge >= 0.3 is 6.03 Å². The number of halogens is 2. The molecule has 4 N–H and O–H groups in total. The topological polar surface area (TPSA) is 137 Å². The maximum absolute atomic E-state index is 11.9. The lowest BCUT2D eigenvalue weighted by Crippen LogP contribution is -2.19. The van der Waals surface area contributed by atoms with Gasteiger partial charge in [0, 0.05) is 29.2 Å². The Bertz CT molecular complexity index is 1510. The molecule has 2 heterocycles. The van der Waals surface area contributed by atoms with E-state index in [4.69, 9.17) is 38.4 Å². The highest BCUT2D eigenvalue weighted by atomic mass is 35.5. The zero-order valence-corrected chi connectivity index (χ0v) is 21.7. The molecule has 12 heteroatoms. The Morgan fingerprint density at radius 1 is 0.641 bits per heavy atom. The van der Waals surface area contributed by atoms with Gasteiger partial charge in [0.2, 0.25) is 11.8 Å². The van der Waals surface area contributed by atoms with E-state index in [1.165, 1.54) is 24.8 Å². The smallest absolute Gasteiger partial charge is 0.323 e. The zero-order valence-electron chi connectivity index (χ0n) is 20.2. The maximum Gasteiger partial charge on any atom is 0.323 e. The number of nitrogens with two attached hydrogens (primary N) is 1. The number of carbonyl (C=O) groups is 1. The van der Waals surface area contributed by atoms with E-state index in [-0.39, 0.29) is 6.03 Å². The Kier molecular flexibility index (Phi) is 9.43. The molecule has 5 rings (SSSR count). The number of nitrogens with zero attached hydrogens (tertiary/aromatic N) is 4. The Morgan fingerprint density at radius 2 is 1.10 bits per heavy atom. The average Bonchev–Trinajstić information content (AvgIpc) is 2.92. The number of urea groups is 1. The fourth-order valence-electron chi connectivity index (χ4n) is 2.94. The molecule has 0 spiro atoms. The van der Waals surface area contributed by atoms with Gasteiger partial charge in [0.15, 0.2) is 0 Å². The number of nitrogen functional groups attached to an aromatic ring is 1. The number of aromatic nitrogens is 4. The first-order valence-electron chi connectivity index (χ1n) is 11.3. The predicted molar refractivity (Wildman–Crippen MR) is 151 cm³/mol. The van der Waals surface area contributed by atoms with Gasteiger partial charge in [-0.1, -0.05) is 41.4 Å². The van der Waals surface area contributed by atoms with Gasteiger partial charge in [0.25, 0.3) is 0 Å². The summed E-state index contributed by atoms with van der Waals surface area (Å²) in [6.07, 6.45) is 2.66. The molecule has 10 nitrogen and oxygen atoms in total. The summed E-state index contributed by atoms with van der Waals surface area (Å²) in [6, 6.07) is 25.8. The molecule has 0 bridgehead atoms. The number of amides is 2. The molecule has 0 saturated heterocycles. The highest BCUT2D eigenvalue weighted by molar-refractivity contribution is 6.29. The number of ether oxygens (including phenoxy) is 2. The summed E-state index contributed by atoms with van der Waals surface area (Å²) >= 11 is 11.5. The van der Waals surface area contributed by atoms with E-state index in [2.05, 4.69) is 30.6 Å². The van der Waals surface area contributed by atoms with Crippen molar-refractivity contribution in [2.24, 2.45) is 0 Å². The molecule has 0 radical (unpaired) electrons. The normalized spacial score (nSPS) is 10.0. The monoisotopic (exact) mass is 561 g/mol. The summed E-state index contributed by atoms with van der Waals surface area (Å²) in [5.41, 5.74) is 7.58. The number of carbonyl (C=O) groups excluding carboxylic acids is 1. The largest absolute Gasteiger partial charge is 0.439 e. The molecule has 0 aliphatic heterocycles. The molecule has 5 aromatic rings. The highest BCUT2D eigenvalue weighted by Crippen LogP contribution is 2.23. The lowest BCUT2D eigenvalue weighted by atomic mass is 10.3. The summed E-state index contributed by atoms with van der Waals surface area (Å²) < 4.78 is 11.0. The number of nitrogens with one attached hydrogen (secondary N) is 2. The highest BCUT2D eigenvalue weighted by Gasteiger charge is 2.04. The molecule has 39 heavy (non-hydrogen) atoms. The van der Waals surface area contributed by atoms with Gasteiger partial charge < -0.3 is 25.8 Å². The molecule has 0 saturated carbocycles. The lowest BCUT2D eigenvalue weighted by Gasteiger charge is -2.09. The minimum atomic E-state index is -0.322. The molecule has 0 fully saturated rings. The van der Waals surface area contributed by atoms with Gasteiger partial charge in [0.05, 0.1) is 0 Å². The number of hydrogen-bond acceptors (Lipinski definition) is 8. The Labute approximate surface area is 233 Å². The second-order valence-electron chi connectivity index (χ2n) is 7.60. The summed E-state index contributed by atoms with van der Waals surface area (Å²) in [7, 11) is 0. The quantitative estimate of drug-likeness (QED) is 0.148. The molecular weight excluding hydrogens is 541 g/mol. The minimum Gasteiger partial charge on any atom is -0.439 e. The van der Waals surface area contributed by atoms with Crippen LogP contribution in [0.15, 0.2) is 104 Å². The van der Waals surface area contributed by atoms with Crippen molar-refractivity contribution in [3.05, 3.63) is 114 Å². The molecule has 0 aliphatic rings. The molecule has 2 aromatic heterocycles. The summed E-state index contributed by atoms with van der Waals surface area (Å²) in [5, 5.41) is 6.12. The van der Waals surface area contributed by atoms with Gasteiger partial charge in [-0.15, -0.1) is 0 Å². The van der Waals surface area contributed by atoms with Crippen LogP contribution < -0.4 is 25.8 Å². The van der Waals surface area contributed by atoms with E-state index in [0.29, 0.717) is 44.9 Å².